The predicted molar refractivity (Wildman–Crippen MR) is 157 cm³/mol. The molecule has 0 saturated carbocycles. The minimum Gasteiger partial charge on any atom is -0.0985 e. The molecule has 0 amide bonds. The first-order chi connectivity index (χ1) is 17.8. The van der Waals surface area contributed by atoms with E-state index in [2.05, 4.69) is 110 Å². The Morgan fingerprint density at radius 1 is 0.472 bits per heavy atom. The number of rotatable bonds is 9. The Morgan fingerprint density at radius 3 is 1.25 bits per heavy atom. The molecule has 0 N–H and O–H groups in total. The third-order valence-corrected chi connectivity index (χ3v) is 5.55. The van der Waals surface area contributed by atoms with Gasteiger partial charge in [0, 0.05) is 24.0 Å². The standard InChI is InChI=1S/C36H38/c1-3-5-7-9-11-13-15-17-19-21-23-33-25-29-35(30-26-33)36-31-27-34(28-32-36)24-22-20-18-16-14-12-10-8-6-4-2/h17-20,25-32H,3-12H2,1-2H3. The second-order valence-electron chi connectivity index (χ2n) is 8.62. The Bertz CT molecular complexity index is 1090. The molecule has 0 heteroatoms. The van der Waals surface area contributed by atoms with Crippen molar-refractivity contribution in [2.75, 3.05) is 0 Å². The Labute approximate surface area is 220 Å². The minimum absolute atomic E-state index is 0.971. The zero-order valence-corrected chi connectivity index (χ0v) is 22.0. The van der Waals surface area contributed by atoms with Gasteiger partial charge in [0.1, 0.15) is 0 Å². The summed E-state index contributed by atoms with van der Waals surface area (Å²) in [6.45, 7) is 4.45. The summed E-state index contributed by atoms with van der Waals surface area (Å²) in [5.74, 6) is 24.9. The quantitative estimate of drug-likeness (QED) is 0.253. The molecule has 0 unspecified atom stereocenters. The lowest BCUT2D eigenvalue weighted by Gasteiger charge is -2.02. The van der Waals surface area contributed by atoms with Crippen LogP contribution in [0.1, 0.15) is 89.2 Å². The molecule has 0 spiro atoms. The van der Waals surface area contributed by atoms with Gasteiger partial charge in [-0.1, -0.05) is 124 Å². The summed E-state index contributed by atoms with van der Waals surface area (Å²) in [5.41, 5.74) is 4.32. The highest BCUT2D eigenvalue weighted by atomic mass is 14.0. The fourth-order valence-corrected chi connectivity index (χ4v) is 3.45. The van der Waals surface area contributed by atoms with E-state index >= 15 is 0 Å². The van der Waals surface area contributed by atoms with Crippen molar-refractivity contribution in [3.63, 3.8) is 0 Å². The van der Waals surface area contributed by atoms with Crippen LogP contribution < -0.4 is 0 Å². The molecule has 0 fully saturated rings. The highest BCUT2D eigenvalue weighted by molar-refractivity contribution is 5.65. The molecular weight excluding hydrogens is 432 g/mol. The summed E-state index contributed by atoms with van der Waals surface area (Å²) in [7, 11) is 0. The van der Waals surface area contributed by atoms with E-state index in [1.54, 1.807) is 0 Å². The fourth-order valence-electron chi connectivity index (χ4n) is 3.45. The molecule has 36 heavy (non-hydrogen) atoms. The topological polar surface area (TPSA) is 0 Å². The van der Waals surface area contributed by atoms with E-state index in [0.29, 0.717) is 0 Å². The van der Waals surface area contributed by atoms with Gasteiger partial charge >= 0.3 is 0 Å². The van der Waals surface area contributed by atoms with Gasteiger partial charge in [-0.3, -0.25) is 0 Å². The molecule has 0 radical (unpaired) electrons. The molecule has 182 valence electrons. The zero-order chi connectivity index (χ0) is 25.5. The zero-order valence-electron chi connectivity index (χ0n) is 22.0. The Morgan fingerprint density at radius 2 is 0.861 bits per heavy atom. The lowest BCUT2D eigenvalue weighted by atomic mass is 10.0. The van der Waals surface area contributed by atoms with Crippen molar-refractivity contribution in [3.8, 4) is 58.5 Å². The second kappa shape index (κ2) is 19.5. The van der Waals surface area contributed by atoms with Gasteiger partial charge in [0.05, 0.1) is 0 Å². The van der Waals surface area contributed by atoms with Gasteiger partial charge in [-0.2, -0.15) is 0 Å². The van der Waals surface area contributed by atoms with E-state index in [4.69, 9.17) is 0 Å². The first kappa shape index (κ1) is 28.4. The van der Waals surface area contributed by atoms with Gasteiger partial charge in [0.2, 0.25) is 0 Å². The first-order valence-corrected chi connectivity index (χ1v) is 13.3. The number of allylic oxidation sites excluding steroid dienone is 4. The van der Waals surface area contributed by atoms with Gasteiger partial charge in [-0.25, -0.2) is 0 Å². The summed E-state index contributed by atoms with van der Waals surface area (Å²) in [6, 6.07) is 16.6. The average Bonchev–Trinajstić information content (AvgIpc) is 2.91. The lowest BCUT2D eigenvalue weighted by Crippen LogP contribution is -1.80. The number of hydrogen-bond acceptors (Lipinski definition) is 0. The van der Waals surface area contributed by atoms with Gasteiger partial charge in [-0.05, 0) is 72.5 Å². The van der Waals surface area contributed by atoms with Crippen LogP contribution in [-0.4, -0.2) is 0 Å². The molecule has 0 aliphatic heterocycles. The molecule has 0 bridgehead atoms. The van der Waals surface area contributed by atoms with Crippen LogP contribution in [0.25, 0.3) is 11.1 Å². The van der Waals surface area contributed by atoms with E-state index in [-0.39, 0.29) is 0 Å². The van der Waals surface area contributed by atoms with Crippen molar-refractivity contribution in [3.05, 3.63) is 84.0 Å². The van der Waals surface area contributed by atoms with E-state index < -0.39 is 0 Å². The van der Waals surface area contributed by atoms with Crippen LogP contribution in [0.5, 0.6) is 0 Å². The minimum atomic E-state index is 0.971. The summed E-state index contributed by atoms with van der Waals surface area (Å²) < 4.78 is 0. The van der Waals surface area contributed by atoms with Crippen molar-refractivity contribution in [2.45, 2.75) is 78.1 Å². The summed E-state index contributed by atoms with van der Waals surface area (Å²) >= 11 is 0. The summed E-state index contributed by atoms with van der Waals surface area (Å²) in [4.78, 5) is 0. The average molecular weight is 471 g/mol. The third-order valence-electron chi connectivity index (χ3n) is 5.55. The van der Waals surface area contributed by atoms with E-state index in [1.165, 1.54) is 62.5 Å². The van der Waals surface area contributed by atoms with Crippen LogP contribution >= 0.6 is 0 Å². The largest absolute Gasteiger partial charge is 0.0985 e. The van der Waals surface area contributed by atoms with Gasteiger partial charge in [-0.15, -0.1) is 0 Å². The van der Waals surface area contributed by atoms with Crippen molar-refractivity contribution >= 4 is 0 Å². The molecular formula is C36H38. The monoisotopic (exact) mass is 470 g/mol. The molecule has 0 aliphatic rings. The predicted octanol–water partition coefficient (Wildman–Crippen LogP) is 9.12. The number of unbranched alkanes of at least 4 members (excludes halogenated alkanes) is 8. The highest BCUT2D eigenvalue weighted by Crippen LogP contribution is 2.20. The van der Waals surface area contributed by atoms with Crippen molar-refractivity contribution in [1.82, 2.24) is 0 Å². The molecule has 2 aromatic rings. The van der Waals surface area contributed by atoms with E-state index in [9.17, 15) is 0 Å². The third kappa shape index (κ3) is 13.2. The molecule has 2 rings (SSSR count). The molecule has 2 aromatic carbocycles. The van der Waals surface area contributed by atoms with Crippen molar-refractivity contribution in [2.24, 2.45) is 0 Å². The maximum atomic E-state index is 3.18. The van der Waals surface area contributed by atoms with Crippen LogP contribution in [0.4, 0.5) is 0 Å². The van der Waals surface area contributed by atoms with E-state index in [0.717, 1.165) is 24.0 Å². The maximum absolute atomic E-state index is 3.18. The smallest absolute Gasteiger partial charge is 0.0249 e. The van der Waals surface area contributed by atoms with Crippen LogP contribution in [0, 0.1) is 47.4 Å². The van der Waals surface area contributed by atoms with Gasteiger partial charge < -0.3 is 0 Å². The normalized spacial score (nSPS) is 9.94. The molecule has 0 aliphatic carbocycles. The van der Waals surface area contributed by atoms with Gasteiger partial charge in [0.15, 0.2) is 0 Å². The van der Waals surface area contributed by atoms with Gasteiger partial charge in [0.25, 0.3) is 0 Å². The van der Waals surface area contributed by atoms with E-state index in [1.807, 2.05) is 24.3 Å². The van der Waals surface area contributed by atoms with Crippen LogP contribution in [0.2, 0.25) is 0 Å². The SMILES string of the molecule is CCCCCCC#CC=CC#Cc1ccc(-c2ccc(C#CC=CC#CCCCCCC)cc2)cc1. The number of hydrogen-bond donors (Lipinski definition) is 0. The van der Waals surface area contributed by atoms with Crippen molar-refractivity contribution in [1.29, 1.82) is 0 Å². The molecule has 0 aromatic heterocycles. The fraction of sp³-hybridized carbons (Fsp3) is 0.333. The Hall–Kier alpha value is -3.84. The Balaban J connectivity index is 1.80. The molecule has 0 nitrogen and oxygen atoms in total. The molecule has 0 saturated heterocycles. The van der Waals surface area contributed by atoms with Crippen LogP contribution in [0.15, 0.2) is 72.8 Å². The summed E-state index contributed by atoms with van der Waals surface area (Å²) in [6.07, 6.45) is 19.3. The molecule has 0 heterocycles. The Kier molecular flexibility index (Phi) is 15.4. The van der Waals surface area contributed by atoms with Crippen LogP contribution in [-0.2, 0) is 0 Å². The first-order valence-electron chi connectivity index (χ1n) is 13.3. The maximum Gasteiger partial charge on any atom is 0.0249 e. The molecule has 0 atom stereocenters. The highest BCUT2D eigenvalue weighted by Gasteiger charge is 1.97. The summed E-state index contributed by atoms with van der Waals surface area (Å²) in [5, 5.41) is 0. The second-order valence-corrected chi connectivity index (χ2v) is 8.62. The lowest BCUT2D eigenvalue weighted by molar-refractivity contribution is 0.679. The van der Waals surface area contributed by atoms with Crippen molar-refractivity contribution < 1.29 is 0 Å². The van der Waals surface area contributed by atoms with Crippen LogP contribution in [0.3, 0.4) is 0 Å². The number of benzene rings is 2.